The first kappa shape index (κ1) is 19.8. The predicted molar refractivity (Wildman–Crippen MR) is 111 cm³/mol. The fraction of sp³-hybridized carbons (Fsp3) is 0.429. The van der Waals surface area contributed by atoms with E-state index >= 15 is 0 Å². The number of hydrogen-bond acceptors (Lipinski definition) is 6. The zero-order valence-corrected chi connectivity index (χ0v) is 17.3. The molecular formula is C21H26N2O5S. The van der Waals surface area contributed by atoms with E-state index in [1.807, 2.05) is 24.3 Å². The van der Waals surface area contributed by atoms with Crippen molar-refractivity contribution in [1.29, 1.82) is 0 Å². The number of anilines is 1. The Kier molecular flexibility index (Phi) is 5.82. The van der Waals surface area contributed by atoms with Gasteiger partial charge in [-0.05, 0) is 49.2 Å². The van der Waals surface area contributed by atoms with Gasteiger partial charge in [-0.3, -0.25) is 0 Å². The lowest BCUT2D eigenvalue weighted by Gasteiger charge is -2.33. The molecule has 8 heteroatoms. The molecule has 2 aromatic rings. The standard InChI is InChI=1S/C21H26N2O5S/c1-26-18-5-3-17(4-6-18)23-11-9-16(10-12-23)22-29(24,25)19-7-8-20-21(15-19)28-14-2-13-27-20/h3-8,15-16,22H,2,9-14H2,1H3. The molecule has 0 aromatic heterocycles. The Morgan fingerprint density at radius 1 is 1.00 bits per heavy atom. The lowest BCUT2D eigenvalue weighted by atomic mass is 10.1. The number of hydrogen-bond donors (Lipinski definition) is 1. The number of ether oxygens (including phenoxy) is 3. The molecule has 0 spiro atoms. The second kappa shape index (κ2) is 8.51. The molecule has 1 N–H and O–H groups in total. The molecule has 0 saturated carbocycles. The van der Waals surface area contributed by atoms with E-state index in [2.05, 4.69) is 9.62 Å². The lowest BCUT2D eigenvalue weighted by molar-refractivity contribution is 0.297. The van der Waals surface area contributed by atoms with Crippen LogP contribution < -0.4 is 23.8 Å². The molecule has 2 aliphatic rings. The molecule has 1 saturated heterocycles. The second-order valence-corrected chi connectivity index (χ2v) is 8.95. The second-order valence-electron chi connectivity index (χ2n) is 7.24. The van der Waals surface area contributed by atoms with Gasteiger partial charge in [-0.2, -0.15) is 0 Å². The summed E-state index contributed by atoms with van der Waals surface area (Å²) in [6, 6.07) is 12.6. The third kappa shape index (κ3) is 4.59. The van der Waals surface area contributed by atoms with E-state index in [1.54, 1.807) is 25.3 Å². The quantitative estimate of drug-likeness (QED) is 0.805. The third-order valence-corrected chi connectivity index (χ3v) is 6.80. The molecule has 0 radical (unpaired) electrons. The van der Waals surface area contributed by atoms with Gasteiger partial charge in [-0.15, -0.1) is 0 Å². The van der Waals surface area contributed by atoms with Gasteiger partial charge in [0.05, 0.1) is 25.2 Å². The van der Waals surface area contributed by atoms with Crippen molar-refractivity contribution in [2.24, 2.45) is 0 Å². The van der Waals surface area contributed by atoms with Crippen molar-refractivity contribution in [2.45, 2.75) is 30.2 Å². The molecule has 0 aliphatic carbocycles. The fourth-order valence-corrected chi connectivity index (χ4v) is 4.97. The molecule has 156 valence electrons. The Bertz CT molecular complexity index is 938. The van der Waals surface area contributed by atoms with Gasteiger partial charge in [-0.25, -0.2) is 13.1 Å². The minimum atomic E-state index is -3.62. The number of fused-ring (bicyclic) bond motifs is 1. The predicted octanol–water partition coefficient (Wildman–Crippen LogP) is 2.80. The van der Waals surface area contributed by atoms with E-state index in [0.29, 0.717) is 24.7 Å². The zero-order chi connectivity index (χ0) is 20.3. The molecule has 4 rings (SSSR count). The van der Waals surface area contributed by atoms with Crippen LogP contribution in [0.15, 0.2) is 47.4 Å². The van der Waals surface area contributed by atoms with Crippen LogP contribution in [0.25, 0.3) is 0 Å². The number of rotatable bonds is 5. The first-order valence-electron chi connectivity index (χ1n) is 9.86. The van der Waals surface area contributed by atoms with E-state index < -0.39 is 10.0 Å². The van der Waals surface area contributed by atoms with E-state index in [1.165, 1.54) is 0 Å². The van der Waals surface area contributed by atoms with Crippen LogP contribution in [0.1, 0.15) is 19.3 Å². The summed E-state index contributed by atoms with van der Waals surface area (Å²) in [7, 11) is -1.97. The number of nitrogens with one attached hydrogen (secondary N) is 1. The van der Waals surface area contributed by atoms with Gasteiger partial charge in [-0.1, -0.05) is 0 Å². The highest BCUT2D eigenvalue weighted by Crippen LogP contribution is 2.32. The largest absolute Gasteiger partial charge is 0.497 e. The molecule has 0 bridgehead atoms. The van der Waals surface area contributed by atoms with Crippen molar-refractivity contribution in [1.82, 2.24) is 4.72 Å². The van der Waals surface area contributed by atoms with Crippen LogP contribution in [-0.2, 0) is 10.0 Å². The molecule has 2 aromatic carbocycles. The van der Waals surface area contributed by atoms with Crippen LogP contribution in [0.3, 0.4) is 0 Å². The van der Waals surface area contributed by atoms with Crippen molar-refractivity contribution in [3.63, 3.8) is 0 Å². The highest BCUT2D eigenvalue weighted by atomic mass is 32.2. The maximum atomic E-state index is 12.9. The van der Waals surface area contributed by atoms with Gasteiger partial charge in [0.1, 0.15) is 5.75 Å². The van der Waals surface area contributed by atoms with Gasteiger partial charge in [0.2, 0.25) is 10.0 Å². The van der Waals surface area contributed by atoms with E-state index in [9.17, 15) is 8.42 Å². The summed E-state index contributed by atoms with van der Waals surface area (Å²) in [5.41, 5.74) is 1.12. The zero-order valence-electron chi connectivity index (χ0n) is 16.5. The van der Waals surface area contributed by atoms with Gasteiger partial charge in [0, 0.05) is 37.3 Å². The Balaban J connectivity index is 1.38. The summed E-state index contributed by atoms with van der Waals surface area (Å²) < 4.78 is 45.0. The molecular weight excluding hydrogens is 392 g/mol. The Labute approximate surface area is 171 Å². The minimum absolute atomic E-state index is 0.0922. The van der Waals surface area contributed by atoms with Crippen LogP contribution in [0.4, 0.5) is 5.69 Å². The summed E-state index contributed by atoms with van der Waals surface area (Å²) >= 11 is 0. The summed E-state index contributed by atoms with van der Waals surface area (Å²) in [6.45, 7) is 2.68. The first-order chi connectivity index (χ1) is 14.0. The smallest absolute Gasteiger partial charge is 0.240 e. The molecule has 0 atom stereocenters. The van der Waals surface area contributed by atoms with E-state index in [-0.39, 0.29) is 10.9 Å². The SMILES string of the molecule is COc1ccc(N2CCC(NS(=O)(=O)c3ccc4c(c3)OCCCO4)CC2)cc1. The minimum Gasteiger partial charge on any atom is -0.497 e. The van der Waals surface area contributed by atoms with Crippen molar-refractivity contribution in [2.75, 3.05) is 38.3 Å². The molecule has 1 fully saturated rings. The van der Waals surface area contributed by atoms with Gasteiger partial charge < -0.3 is 19.1 Å². The Hall–Kier alpha value is -2.45. The monoisotopic (exact) mass is 418 g/mol. The first-order valence-corrected chi connectivity index (χ1v) is 11.3. The third-order valence-electron chi connectivity index (χ3n) is 5.28. The summed E-state index contributed by atoms with van der Waals surface area (Å²) in [5, 5.41) is 0. The van der Waals surface area contributed by atoms with Gasteiger partial charge in [0.25, 0.3) is 0 Å². The van der Waals surface area contributed by atoms with Crippen molar-refractivity contribution in [3.05, 3.63) is 42.5 Å². The highest BCUT2D eigenvalue weighted by molar-refractivity contribution is 7.89. The number of sulfonamides is 1. The summed E-state index contributed by atoms with van der Waals surface area (Å²) in [4.78, 5) is 2.47. The Morgan fingerprint density at radius 3 is 2.38 bits per heavy atom. The number of methoxy groups -OCH3 is 1. The van der Waals surface area contributed by atoms with Crippen LogP contribution in [0.5, 0.6) is 17.2 Å². The van der Waals surface area contributed by atoms with Crippen molar-refractivity contribution in [3.8, 4) is 17.2 Å². The molecule has 7 nitrogen and oxygen atoms in total. The number of piperidine rings is 1. The lowest BCUT2D eigenvalue weighted by Crippen LogP contribution is -2.44. The summed E-state index contributed by atoms with van der Waals surface area (Å²) in [5.74, 6) is 1.90. The van der Waals surface area contributed by atoms with E-state index in [0.717, 1.165) is 43.8 Å². The number of nitrogens with zero attached hydrogens (tertiary/aromatic N) is 1. The molecule has 2 aliphatic heterocycles. The Morgan fingerprint density at radius 2 is 1.69 bits per heavy atom. The van der Waals surface area contributed by atoms with Gasteiger partial charge >= 0.3 is 0 Å². The maximum absolute atomic E-state index is 12.9. The maximum Gasteiger partial charge on any atom is 0.240 e. The summed E-state index contributed by atoms with van der Waals surface area (Å²) in [6.07, 6.45) is 2.27. The van der Waals surface area contributed by atoms with Crippen molar-refractivity contribution < 1.29 is 22.6 Å². The highest BCUT2D eigenvalue weighted by Gasteiger charge is 2.26. The van der Waals surface area contributed by atoms with E-state index in [4.69, 9.17) is 14.2 Å². The molecule has 0 unspecified atom stereocenters. The molecule has 29 heavy (non-hydrogen) atoms. The molecule has 0 amide bonds. The average Bonchev–Trinajstić information content (AvgIpc) is 2.99. The van der Waals surface area contributed by atoms with Crippen LogP contribution in [0.2, 0.25) is 0 Å². The van der Waals surface area contributed by atoms with Gasteiger partial charge in [0.15, 0.2) is 11.5 Å². The van der Waals surface area contributed by atoms with Crippen LogP contribution >= 0.6 is 0 Å². The van der Waals surface area contributed by atoms with Crippen LogP contribution in [-0.4, -0.2) is 47.9 Å². The van der Waals surface area contributed by atoms with Crippen molar-refractivity contribution >= 4 is 15.7 Å². The molecule has 2 heterocycles. The topological polar surface area (TPSA) is 77.1 Å². The fourth-order valence-electron chi connectivity index (χ4n) is 3.65. The van der Waals surface area contributed by atoms with Crippen LogP contribution in [0, 0.1) is 0 Å². The normalized spacial score (nSPS) is 17.6. The number of benzene rings is 2. The average molecular weight is 419 g/mol.